The molecule has 31 heavy (non-hydrogen) atoms. The third kappa shape index (κ3) is 3.52. The van der Waals surface area contributed by atoms with Crippen LogP contribution in [0.25, 0.3) is 10.9 Å². The topological polar surface area (TPSA) is 54.3 Å². The van der Waals surface area contributed by atoms with E-state index in [-0.39, 0.29) is 17.9 Å². The van der Waals surface area contributed by atoms with Gasteiger partial charge >= 0.3 is 0 Å². The lowest BCUT2D eigenvalue weighted by atomic mass is 9.93. The van der Waals surface area contributed by atoms with E-state index in [0.29, 0.717) is 18.8 Å². The predicted octanol–water partition coefficient (Wildman–Crippen LogP) is 4.16. The summed E-state index contributed by atoms with van der Waals surface area (Å²) >= 11 is 0. The number of rotatable bonds is 5. The van der Waals surface area contributed by atoms with E-state index in [1.807, 2.05) is 60.0 Å². The van der Waals surface area contributed by atoms with E-state index in [1.54, 1.807) is 4.90 Å². The lowest BCUT2D eigenvalue weighted by molar-refractivity contribution is -0.133. The van der Waals surface area contributed by atoms with Crippen LogP contribution in [0.1, 0.15) is 48.7 Å². The van der Waals surface area contributed by atoms with Crippen molar-refractivity contribution in [1.29, 1.82) is 0 Å². The third-order valence-corrected chi connectivity index (χ3v) is 6.98. The van der Waals surface area contributed by atoms with Gasteiger partial charge < -0.3 is 14.8 Å². The molecule has 0 bridgehead atoms. The zero-order chi connectivity index (χ0) is 21.4. The summed E-state index contributed by atoms with van der Waals surface area (Å²) in [6.45, 7) is 2.91. The van der Waals surface area contributed by atoms with Crippen molar-refractivity contribution in [2.75, 3.05) is 6.54 Å². The molecular weight excluding hydrogens is 386 g/mol. The minimum absolute atomic E-state index is 0.0377. The normalized spacial score (nSPS) is 21.5. The van der Waals surface area contributed by atoms with Crippen molar-refractivity contribution in [1.82, 2.24) is 14.8 Å². The van der Waals surface area contributed by atoms with Gasteiger partial charge in [0.25, 0.3) is 5.91 Å². The van der Waals surface area contributed by atoms with E-state index in [9.17, 15) is 9.59 Å². The first-order valence-electron chi connectivity index (χ1n) is 11.3. The molecule has 1 aliphatic carbocycles. The Kier molecular flexibility index (Phi) is 5.05. The molecule has 0 saturated heterocycles. The van der Waals surface area contributed by atoms with Gasteiger partial charge in [0, 0.05) is 23.5 Å². The Labute approximate surface area is 183 Å². The van der Waals surface area contributed by atoms with E-state index >= 15 is 0 Å². The van der Waals surface area contributed by atoms with Crippen LogP contribution in [0.5, 0.6) is 0 Å². The minimum Gasteiger partial charge on any atom is -0.351 e. The van der Waals surface area contributed by atoms with Crippen molar-refractivity contribution >= 4 is 22.7 Å². The first kappa shape index (κ1) is 19.9. The molecule has 1 atom stereocenters. The molecule has 3 aromatic rings. The van der Waals surface area contributed by atoms with Crippen LogP contribution in [-0.2, 0) is 17.8 Å². The van der Waals surface area contributed by atoms with Crippen molar-refractivity contribution < 1.29 is 9.59 Å². The number of hydrogen-bond donors (Lipinski definition) is 1. The van der Waals surface area contributed by atoms with Gasteiger partial charge in [-0.15, -0.1) is 0 Å². The summed E-state index contributed by atoms with van der Waals surface area (Å²) in [6, 6.07) is 20.4. The maximum Gasteiger partial charge on any atom is 0.271 e. The molecule has 1 aliphatic heterocycles. The van der Waals surface area contributed by atoms with Gasteiger partial charge in [-0.2, -0.15) is 0 Å². The summed E-state index contributed by atoms with van der Waals surface area (Å²) in [5.74, 6) is -0.105. The highest BCUT2D eigenvalue weighted by atomic mass is 16.2. The number of nitrogens with one attached hydrogen (secondary N) is 1. The van der Waals surface area contributed by atoms with Gasteiger partial charge in [0.15, 0.2) is 0 Å². The van der Waals surface area contributed by atoms with Crippen molar-refractivity contribution in [3.63, 3.8) is 0 Å². The Morgan fingerprint density at radius 3 is 2.55 bits per heavy atom. The molecule has 160 valence electrons. The lowest BCUT2D eigenvalue weighted by Gasteiger charge is -2.44. The van der Waals surface area contributed by atoms with Crippen molar-refractivity contribution in [2.24, 2.45) is 0 Å². The number of nitrogens with zero attached hydrogens (tertiary/aromatic N) is 2. The van der Waals surface area contributed by atoms with Crippen LogP contribution in [0.15, 0.2) is 60.7 Å². The fourth-order valence-corrected chi connectivity index (χ4v) is 5.15. The summed E-state index contributed by atoms with van der Waals surface area (Å²) in [7, 11) is 0. The Bertz CT molecular complexity index is 1110. The molecule has 5 nitrogen and oxygen atoms in total. The van der Waals surface area contributed by atoms with Gasteiger partial charge in [-0.05, 0) is 43.9 Å². The van der Waals surface area contributed by atoms with Crippen molar-refractivity contribution in [2.45, 2.75) is 57.2 Å². The quantitative estimate of drug-likeness (QED) is 0.680. The SMILES string of the molecule is CC1(C(=O)NC2CCCC2)Cn2c(cc3ccccc32)C(=O)N1CCc1ccccc1. The molecule has 2 aromatic carbocycles. The maximum absolute atomic E-state index is 13.7. The number of carbonyl (C=O) groups is 2. The summed E-state index contributed by atoms with van der Waals surface area (Å²) < 4.78 is 2.03. The molecule has 2 heterocycles. The second kappa shape index (κ2) is 7.88. The summed E-state index contributed by atoms with van der Waals surface area (Å²) in [5, 5.41) is 4.30. The van der Waals surface area contributed by atoms with E-state index in [1.165, 1.54) is 5.56 Å². The molecule has 0 spiro atoms. The van der Waals surface area contributed by atoms with Gasteiger partial charge in [-0.3, -0.25) is 9.59 Å². The number of carbonyl (C=O) groups excluding carboxylic acids is 2. The summed E-state index contributed by atoms with van der Waals surface area (Å²) in [4.78, 5) is 29.1. The Morgan fingerprint density at radius 2 is 1.77 bits per heavy atom. The number of fused-ring (bicyclic) bond motifs is 3. The van der Waals surface area contributed by atoms with E-state index in [0.717, 1.165) is 43.0 Å². The summed E-state index contributed by atoms with van der Waals surface area (Å²) in [6.07, 6.45) is 5.09. The Morgan fingerprint density at radius 1 is 1.06 bits per heavy atom. The molecule has 1 saturated carbocycles. The van der Waals surface area contributed by atoms with Crippen LogP contribution < -0.4 is 5.32 Å². The molecule has 5 heteroatoms. The zero-order valence-electron chi connectivity index (χ0n) is 18.0. The molecule has 2 amide bonds. The number of benzene rings is 2. The molecule has 5 rings (SSSR count). The largest absolute Gasteiger partial charge is 0.351 e. The van der Waals surface area contributed by atoms with Gasteiger partial charge in [-0.1, -0.05) is 61.4 Å². The number of para-hydroxylation sites is 1. The lowest BCUT2D eigenvalue weighted by Crippen LogP contribution is -2.65. The van der Waals surface area contributed by atoms with Crippen molar-refractivity contribution in [3.8, 4) is 0 Å². The van der Waals surface area contributed by atoms with Gasteiger partial charge in [-0.25, -0.2) is 0 Å². The van der Waals surface area contributed by atoms with Crippen molar-refractivity contribution in [3.05, 3.63) is 71.9 Å². The molecule has 1 unspecified atom stereocenters. The van der Waals surface area contributed by atoms with Gasteiger partial charge in [0.1, 0.15) is 11.2 Å². The molecule has 1 aromatic heterocycles. The maximum atomic E-state index is 13.7. The van der Waals surface area contributed by atoms with Gasteiger partial charge in [0.2, 0.25) is 5.91 Å². The second-order valence-electron chi connectivity index (χ2n) is 9.10. The van der Waals surface area contributed by atoms with Crippen LogP contribution in [-0.4, -0.2) is 39.4 Å². The highest BCUT2D eigenvalue weighted by molar-refractivity contribution is 6.03. The molecular formula is C26H29N3O2. The number of aromatic nitrogens is 1. The Balaban J connectivity index is 1.51. The monoisotopic (exact) mass is 415 g/mol. The number of amides is 2. The van der Waals surface area contributed by atoms with E-state index in [2.05, 4.69) is 17.4 Å². The summed E-state index contributed by atoms with van der Waals surface area (Å²) in [5.41, 5.74) is 1.91. The molecule has 1 N–H and O–H groups in total. The molecule has 2 aliphatic rings. The fraction of sp³-hybridized carbons (Fsp3) is 0.385. The van der Waals surface area contributed by atoms with Crippen LogP contribution in [0, 0.1) is 0 Å². The zero-order valence-corrected chi connectivity index (χ0v) is 18.0. The van der Waals surface area contributed by atoms with Crippen LogP contribution in [0.3, 0.4) is 0 Å². The molecule has 1 fully saturated rings. The first-order chi connectivity index (χ1) is 15.1. The number of hydrogen-bond acceptors (Lipinski definition) is 2. The predicted molar refractivity (Wildman–Crippen MR) is 122 cm³/mol. The smallest absolute Gasteiger partial charge is 0.271 e. The first-order valence-corrected chi connectivity index (χ1v) is 11.3. The van der Waals surface area contributed by atoms with Gasteiger partial charge in [0.05, 0.1) is 6.54 Å². The average molecular weight is 416 g/mol. The third-order valence-electron chi connectivity index (χ3n) is 6.98. The highest BCUT2D eigenvalue weighted by Gasteiger charge is 2.47. The van der Waals surface area contributed by atoms with Crippen LogP contribution >= 0.6 is 0 Å². The van der Waals surface area contributed by atoms with Crippen LogP contribution in [0.2, 0.25) is 0 Å². The molecule has 0 radical (unpaired) electrons. The second-order valence-corrected chi connectivity index (χ2v) is 9.10. The average Bonchev–Trinajstić information content (AvgIpc) is 3.42. The standard InChI is InChI=1S/C26H29N3O2/c1-26(25(31)27-21-12-6-7-13-21)18-28-22-14-8-5-11-20(22)17-23(28)24(30)29(26)16-15-19-9-3-2-4-10-19/h2-5,8-11,14,17,21H,6-7,12-13,15-16,18H2,1H3,(H,27,31). The highest BCUT2D eigenvalue weighted by Crippen LogP contribution is 2.33. The van der Waals surface area contributed by atoms with Crippen LogP contribution in [0.4, 0.5) is 0 Å². The fourth-order valence-electron chi connectivity index (χ4n) is 5.15. The van der Waals surface area contributed by atoms with E-state index < -0.39 is 5.54 Å². The minimum atomic E-state index is -0.927. The van der Waals surface area contributed by atoms with E-state index in [4.69, 9.17) is 0 Å². The Hall–Kier alpha value is -3.08.